The number of aromatic nitrogens is 3. The fourth-order valence-corrected chi connectivity index (χ4v) is 1.60. The van der Waals surface area contributed by atoms with Crippen LogP contribution in [-0.4, -0.2) is 22.1 Å². The van der Waals surface area contributed by atoms with Gasteiger partial charge in [0.15, 0.2) is 0 Å². The number of nitrogens with zero attached hydrogens (tertiary/aromatic N) is 2. The molecule has 82 valence electrons. The molecule has 0 saturated carbocycles. The minimum Gasteiger partial charge on any atom is -0.468 e. The summed E-state index contributed by atoms with van der Waals surface area (Å²) in [5.41, 5.74) is 2.11. The summed E-state index contributed by atoms with van der Waals surface area (Å²) in [6.07, 6.45) is 0. The summed E-state index contributed by atoms with van der Waals surface area (Å²) in [6, 6.07) is 8.29. The van der Waals surface area contributed by atoms with E-state index in [1.54, 1.807) is 0 Å². The number of ether oxygens (including phenoxy) is 1. The number of methoxy groups -OCH3 is 1. The van der Waals surface area contributed by atoms with Gasteiger partial charge < -0.3 is 4.74 Å². The van der Waals surface area contributed by atoms with Crippen LogP contribution in [0.5, 0.6) is 6.01 Å². The Kier molecular flexibility index (Phi) is 2.96. The van der Waals surface area contributed by atoms with Crippen LogP contribution in [0.3, 0.4) is 0 Å². The Bertz CT molecular complexity index is 565. The monoisotopic (exact) mass is 233 g/mol. The molecule has 0 aliphatic heterocycles. The maximum atomic E-state index is 5.02. The summed E-state index contributed by atoms with van der Waals surface area (Å²) < 4.78 is 5.30. The molecule has 0 atom stereocenters. The molecule has 4 nitrogen and oxygen atoms in total. The molecule has 0 saturated heterocycles. The molecule has 0 amide bonds. The zero-order valence-corrected chi connectivity index (χ0v) is 9.84. The highest BCUT2D eigenvalue weighted by Gasteiger charge is 2.05. The van der Waals surface area contributed by atoms with Crippen molar-refractivity contribution in [2.75, 3.05) is 7.11 Å². The lowest BCUT2D eigenvalue weighted by atomic mass is 10.1. The van der Waals surface area contributed by atoms with Crippen LogP contribution in [0.2, 0.25) is 0 Å². The standard InChI is InChI=1S/C11H11N3OS/c1-7-5-3-4-6-8(7)9-12-10(15-2)14-11(16)13-9/h3-6H,1-2H3,(H,12,13,14,16). The number of hydrogen-bond donors (Lipinski definition) is 1. The van der Waals surface area contributed by atoms with Gasteiger partial charge in [0.1, 0.15) is 5.82 Å². The third-order valence-corrected chi connectivity index (χ3v) is 2.41. The van der Waals surface area contributed by atoms with Crippen LogP contribution < -0.4 is 4.74 Å². The predicted octanol–water partition coefficient (Wildman–Crippen LogP) is 2.52. The predicted molar refractivity (Wildman–Crippen MR) is 63.9 cm³/mol. The van der Waals surface area contributed by atoms with Gasteiger partial charge in [0, 0.05) is 5.56 Å². The van der Waals surface area contributed by atoms with Gasteiger partial charge in [0.2, 0.25) is 4.77 Å². The van der Waals surface area contributed by atoms with Gasteiger partial charge in [0.25, 0.3) is 6.01 Å². The van der Waals surface area contributed by atoms with Gasteiger partial charge in [-0.3, -0.25) is 4.98 Å². The molecule has 0 radical (unpaired) electrons. The van der Waals surface area contributed by atoms with Crippen molar-refractivity contribution in [2.45, 2.75) is 6.92 Å². The third kappa shape index (κ3) is 2.09. The molecule has 16 heavy (non-hydrogen) atoms. The Balaban J connectivity index is 2.60. The average molecular weight is 233 g/mol. The van der Waals surface area contributed by atoms with Gasteiger partial charge in [-0.1, -0.05) is 24.3 Å². The second-order valence-corrected chi connectivity index (χ2v) is 3.67. The fraction of sp³-hybridized carbons (Fsp3) is 0.182. The molecule has 0 fully saturated rings. The molecule has 2 rings (SSSR count). The topological polar surface area (TPSA) is 50.8 Å². The SMILES string of the molecule is COc1nc(=S)nc(-c2ccccc2C)[nH]1. The van der Waals surface area contributed by atoms with Gasteiger partial charge in [-0.15, -0.1) is 0 Å². The van der Waals surface area contributed by atoms with Crippen LogP contribution in [0.25, 0.3) is 11.4 Å². The molecule has 0 bridgehead atoms. The normalized spacial score (nSPS) is 10.1. The molecule has 5 heteroatoms. The van der Waals surface area contributed by atoms with Crippen LogP contribution in [0.15, 0.2) is 24.3 Å². The van der Waals surface area contributed by atoms with E-state index in [4.69, 9.17) is 17.0 Å². The van der Waals surface area contributed by atoms with E-state index in [9.17, 15) is 0 Å². The Morgan fingerprint density at radius 1 is 1.25 bits per heavy atom. The summed E-state index contributed by atoms with van der Waals surface area (Å²) in [4.78, 5) is 11.1. The lowest BCUT2D eigenvalue weighted by Crippen LogP contribution is -1.98. The molecule has 1 aromatic heterocycles. The fourth-order valence-electron chi connectivity index (χ4n) is 1.43. The van der Waals surface area contributed by atoms with E-state index < -0.39 is 0 Å². The van der Waals surface area contributed by atoms with Gasteiger partial charge in [0.05, 0.1) is 7.11 Å². The summed E-state index contributed by atoms with van der Waals surface area (Å²) in [7, 11) is 1.54. The quantitative estimate of drug-likeness (QED) is 0.810. The zero-order chi connectivity index (χ0) is 11.5. The van der Waals surface area contributed by atoms with Gasteiger partial charge in [-0.2, -0.15) is 4.98 Å². The van der Waals surface area contributed by atoms with E-state index in [-0.39, 0.29) is 4.77 Å². The highest BCUT2D eigenvalue weighted by Crippen LogP contribution is 2.19. The first kappa shape index (κ1) is 10.8. The van der Waals surface area contributed by atoms with Crippen LogP contribution in [0, 0.1) is 11.7 Å². The van der Waals surface area contributed by atoms with Crippen molar-refractivity contribution in [3.05, 3.63) is 34.6 Å². The second kappa shape index (κ2) is 4.40. The first-order chi connectivity index (χ1) is 7.70. The minimum absolute atomic E-state index is 0.272. The Morgan fingerprint density at radius 3 is 2.69 bits per heavy atom. The van der Waals surface area contributed by atoms with Crippen LogP contribution in [-0.2, 0) is 0 Å². The highest BCUT2D eigenvalue weighted by atomic mass is 32.1. The van der Waals surface area contributed by atoms with Gasteiger partial charge >= 0.3 is 0 Å². The number of nitrogens with one attached hydrogen (secondary N) is 1. The number of H-pyrrole nitrogens is 1. The van der Waals surface area contributed by atoms with E-state index in [1.807, 2.05) is 31.2 Å². The van der Waals surface area contributed by atoms with Gasteiger partial charge in [-0.05, 0) is 24.7 Å². The number of aromatic amines is 1. The molecule has 1 aromatic carbocycles. The lowest BCUT2D eigenvalue weighted by molar-refractivity contribution is 0.378. The smallest absolute Gasteiger partial charge is 0.297 e. The van der Waals surface area contributed by atoms with Crippen molar-refractivity contribution in [1.29, 1.82) is 0 Å². The molecule has 0 aliphatic carbocycles. The number of aryl methyl sites for hydroxylation is 1. The molecule has 1 heterocycles. The van der Waals surface area contributed by atoms with E-state index in [1.165, 1.54) is 7.11 Å². The zero-order valence-electron chi connectivity index (χ0n) is 9.02. The van der Waals surface area contributed by atoms with Crippen molar-refractivity contribution in [1.82, 2.24) is 15.0 Å². The molecular weight excluding hydrogens is 222 g/mol. The van der Waals surface area contributed by atoms with Crippen molar-refractivity contribution in [3.8, 4) is 17.4 Å². The van der Waals surface area contributed by atoms with Crippen molar-refractivity contribution in [2.24, 2.45) is 0 Å². The summed E-state index contributed by atoms with van der Waals surface area (Å²) >= 11 is 4.97. The Labute approximate surface area is 98.3 Å². The van der Waals surface area contributed by atoms with Crippen molar-refractivity contribution in [3.63, 3.8) is 0 Å². The molecule has 2 aromatic rings. The summed E-state index contributed by atoms with van der Waals surface area (Å²) in [6.45, 7) is 2.01. The van der Waals surface area contributed by atoms with Crippen molar-refractivity contribution < 1.29 is 4.74 Å². The van der Waals surface area contributed by atoms with E-state index in [2.05, 4.69) is 15.0 Å². The number of rotatable bonds is 2. The summed E-state index contributed by atoms with van der Waals surface area (Å²) in [5.74, 6) is 0.676. The van der Waals surface area contributed by atoms with Gasteiger partial charge in [-0.25, -0.2) is 4.98 Å². The molecule has 0 unspecified atom stereocenters. The van der Waals surface area contributed by atoms with Crippen LogP contribution >= 0.6 is 12.2 Å². The minimum atomic E-state index is 0.272. The van der Waals surface area contributed by atoms with E-state index >= 15 is 0 Å². The van der Waals surface area contributed by atoms with Crippen LogP contribution in [0.1, 0.15) is 5.56 Å². The Hall–Kier alpha value is -1.75. The highest BCUT2D eigenvalue weighted by molar-refractivity contribution is 7.71. The first-order valence-corrected chi connectivity index (χ1v) is 5.20. The number of benzene rings is 1. The van der Waals surface area contributed by atoms with Crippen LogP contribution in [0.4, 0.5) is 0 Å². The van der Waals surface area contributed by atoms with E-state index in [0.29, 0.717) is 11.8 Å². The summed E-state index contributed by atoms with van der Waals surface area (Å²) in [5, 5.41) is 0. The second-order valence-electron chi connectivity index (χ2n) is 3.30. The molecule has 0 spiro atoms. The van der Waals surface area contributed by atoms with Crippen molar-refractivity contribution >= 4 is 12.2 Å². The first-order valence-electron chi connectivity index (χ1n) is 4.79. The third-order valence-electron chi connectivity index (χ3n) is 2.22. The molecule has 0 aliphatic rings. The Morgan fingerprint density at radius 2 is 2.00 bits per heavy atom. The van der Waals surface area contributed by atoms with E-state index in [0.717, 1.165) is 11.1 Å². The molecule has 1 N–H and O–H groups in total. The maximum Gasteiger partial charge on any atom is 0.297 e. The largest absolute Gasteiger partial charge is 0.468 e. The maximum absolute atomic E-state index is 5.02. The molecular formula is C11H11N3OS. The number of hydrogen-bond acceptors (Lipinski definition) is 4. The average Bonchev–Trinajstić information content (AvgIpc) is 2.28. The lowest BCUT2D eigenvalue weighted by Gasteiger charge is -2.06.